The third kappa shape index (κ3) is 4.68. The number of hydrogen-bond donors (Lipinski definition) is 1. The number of anilines is 1. The Morgan fingerprint density at radius 2 is 1.74 bits per heavy atom. The van der Waals surface area contributed by atoms with Crippen molar-refractivity contribution in [2.75, 3.05) is 18.0 Å². The van der Waals surface area contributed by atoms with Crippen LogP contribution >= 0.6 is 0 Å². The third-order valence-corrected chi connectivity index (χ3v) is 6.14. The minimum atomic E-state index is -4.81. The standard InChI is InChI=1S/C25H23F3N4O3/c26-25(27,28)35-19-9-7-18(8-10-19)32-22(33)16-31(24(32)34)15-17-11-12-29-23-20(17)5-4-6-21(23)30-13-2-1-3-14-30/h4-12,16,33H,1-3,13-15H2. The Kier molecular flexibility index (Phi) is 5.88. The lowest BCUT2D eigenvalue weighted by molar-refractivity contribution is -0.274. The Balaban J connectivity index is 1.46. The van der Waals surface area contributed by atoms with Gasteiger partial charge in [0.1, 0.15) is 5.75 Å². The Hall–Kier alpha value is -3.95. The molecule has 0 aliphatic carbocycles. The van der Waals surface area contributed by atoms with Crippen molar-refractivity contribution in [1.29, 1.82) is 0 Å². The maximum Gasteiger partial charge on any atom is 0.573 e. The van der Waals surface area contributed by atoms with Gasteiger partial charge in [0.2, 0.25) is 5.88 Å². The fraction of sp³-hybridized carbons (Fsp3) is 0.280. The first kappa shape index (κ1) is 22.8. The monoisotopic (exact) mass is 484 g/mol. The van der Waals surface area contributed by atoms with E-state index >= 15 is 0 Å². The summed E-state index contributed by atoms with van der Waals surface area (Å²) in [4.78, 5) is 20.0. The van der Waals surface area contributed by atoms with E-state index in [1.807, 2.05) is 18.2 Å². The SMILES string of the molecule is O=c1n(Cc2ccnc3c(N4CCCCC4)cccc23)cc(O)n1-c1ccc(OC(F)(F)F)cc1. The molecule has 1 aliphatic heterocycles. The summed E-state index contributed by atoms with van der Waals surface area (Å²) in [5, 5.41) is 11.4. The predicted molar refractivity (Wildman–Crippen MR) is 125 cm³/mol. The Morgan fingerprint density at radius 3 is 2.46 bits per heavy atom. The van der Waals surface area contributed by atoms with Crippen LogP contribution in [0.4, 0.5) is 18.9 Å². The lowest BCUT2D eigenvalue weighted by Gasteiger charge is -2.29. The van der Waals surface area contributed by atoms with Gasteiger partial charge in [-0.1, -0.05) is 12.1 Å². The number of ether oxygens (including phenoxy) is 1. The van der Waals surface area contributed by atoms with Crippen molar-refractivity contribution >= 4 is 16.6 Å². The summed E-state index contributed by atoms with van der Waals surface area (Å²) in [6.45, 7) is 2.15. The van der Waals surface area contributed by atoms with Crippen molar-refractivity contribution < 1.29 is 23.0 Å². The van der Waals surface area contributed by atoms with Crippen LogP contribution in [0.1, 0.15) is 24.8 Å². The highest BCUT2D eigenvalue weighted by atomic mass is 19.4. The average molecular weight is 484 g/mol. The number of para-hydroxylation sites is 1. The lowest BCUT2D eigenvalue weighted by Crippen LogP contribution is -2.29. The van der Waals surface area contributed by atoms with Gasteiger partial charge in [0.05, 0.1) is 29.6 Å². The number of rotatable bonds is 5. The number of imidazole rings is 1. The summed E-state index contributed by atoms with van der Waals surface area (Å²) < 4.78 is 43.5. The maximum absolute atomic E-state index is 13.1. The maximum atomic E-state index is 13.1. The van der Waals surface area contributed by atoms with Gasteiger partial charge in [0.25, 0.3) is 0 Å². The molecule has 0 saturated carbocycles. The van der Waals surface area contributed by atoms with Crippen LogP contribution in [0.3, 0.4) is 0 Å². The molecule has 7 nitrogen and oxygen atoms in total. The Bertz CT molecular complexity index is 1400. The summed E-state index contributed by atoms with van der Waals surface area (Å²) in [6.07, 6.45) is 1.71. The minimum Gasteiger partial charge on any atom is -0.493 e. The molecular formula is C25H23F3N4O3. The highest BCUT2D eigenvalue weighted by molar-refractivity contribution is 5.93. The zero-order valence-corrected chi connectivity index (χ0v) is 18.7. The molecule has 5 rings (SSSR count). The van der Waals surface area contributed by atoms with E-state index in [-0.39, 0.29) is 18.1 Å². The minimum absolute atomic E-state index is 0.192. The second-order valence-electron chi connectivity index (χ2n) is 8.47. The molecule has 182 valence electrons. The van der Waals surface area contributed by atoms with E-state index in [1.165, 1.54) is 29.3 Å². The van der Waals surface area contributed by atoms with Crippen molar-refractivity contribution in [3.05, 3.63) is 77.0 Å². The topological polar surface area (TPSA) is 72.5 Å². The average Bonchev–Trinajstić information content (AvgIpc) is 3.11. The molecule has 1 fully saturated rings. The zero-order chi connectivity index (χ0) is 24.6. The Labute approximate surface area is 198 Å². The van der Waals surface area contributed by atoms with Crippen molar-refractivity contribution in [2.45, 2.75) is 32.2 Å². The highest BCUT2D eigenvalue weighted by Gasteiger charge is 2.31. The first-order chi connectivity index (χ1) is 16.8. The summed E-state index contributed by atoms with van der Waals surface area (Å²) >= 11 is 0. The van der Waals surface area contributed by atoms with Gasteiger partial charge in [-0.05, 0) is 61.2 Å². The fourth-order valence-corrected chi connectivity index (χ4v) is 4.56. The molecule has 0 spiro atoms. The summed E-state index contributed by atoms with van der Waals surface area (Å²) in [6, 6.07) is 12.6. The molecule has 2 aromatic heterocycles. The summed E-state index contributed by atoms with van der Waals surface area (Å²) in [5.41, 5.74) is 2.49. The normalized spacial score (nSPS) is 14.4. The predicted octanol–water partition coefficient (Wildman–Crippen LogP) is 4.83. The number of nitrogens with zero attached hydrogens (tertiary/aromatic N) is 4. The van der Waals surface area contributed by atoms with E-state index in [9.17, 15) is 23.1 Å². The van der Waals surface area contributed by atoms with Crippen molar-refractivity contribution in [3.8, 4) is 17.3 Å². The molecule has 0 amide bonds. The Morgan fingerprint density at radius 1 is 1.00 bits per heavy atom. The van der Waals surface area contributed by atoms with Crippen LogP contribution in [0.2, 0.25) is 0 Å². The van der Waals surface area contributed by atoms with Crippen LogP contribution < -0.4 is 15.3 Å². The second-order valence-corrected chi connectivity index (χ2v) is 8.47. The molecule has 1 aliphatic rings. The number of benzene rings is 2. The first-order valence-electron chi connectivity index (χ1n) is 11.3. The van der Waals surface area contributed by atoms with E-state index in [0.717, 1.165) is 64.8 Å². The summed E-state index contributed by atoms with van der Waals surface area (Å²) in [5.74, 6) is -0.743. The smallest absolute Gasteiger partial charge is 0.493 e. The molecule has 3 heterocycles. The van der Waals surface area contributed by atoms with E-state index in [4.69, 9.17) is 0 Å². The number of aromatic nitrogens is 3. The van der Waals surface area contributed by atoms with Gasteiger partial charge in [-0.3, -0.25) is 9.55 Å². The number of alkyl halides is 3. The molecule has 0 unspecified atom stereocenters. The number of pyridine rings is 1. The van der Waals surface area contributed by atoms with Gasteiger partial charge >= 0.3 is 12.1 Å². The van der Waals surface area contributed by atoms with Crippen LogP contribution in [0.5, 0.6) is 11.6 Å². The molecule has 0 atom stereocenters. The van der Waals surface area contributed by atoms with Gasteiger partial charge in [0, 0.05) is 24.7 Å². The molecule has 2 aromatic carbocycles. The van der Waals surface area contributed by atoms with Crippen molar-refractivity contribution in [1.82, 2.24) is 14.1 Å². The zero-order valence-electron chi connectivity index (χ0n) is 18.7. The molecule has 0 radical (unpaired) electrons. The second kappa shape index (κ2) is 9.01. The van der Waals surface area contributed by atoms with E-state index in [2.05, 4.69) is 20.7 Å². The molecule has 35 heavy (non-hydrogen) atoms. The van der Waals surface area contributed by atoms with Crippen LogP contribution in [0.25, 0.3) is 16.6 Å². The van der Waals surface area contributed by atoms with Crippen LogP contribution in [-0.4, -0.2) is 38.7 Å². The van der Waals surface area contributed by atoms with E-state index < -0.39 is 17.8 Å². The van der Waals surface area contributed by atoms with Gasteiger partial charge in [-0.2, -0.15) is 0 Å². The summed E-state index contributed by atoms with van der Waals surface area (Å²) in [7, 11) is 0. The number of halogens is 3. The van der Waals surface area contributed by atoms with Crippen LogP contribution in [0.15, 0.2) is 65.7 Å². The lowest BCUT2D eigenvalue weighted by atomic mass is 10.1. The van der Waals surface area contributed by atoms with Gasteiger partial charge in [0.15, 0.2) is 0 Å². The van der Waals surface area contributed by atoms with Gasteiger partial charge in [-0.25, -0.2) is 9.36 Å². The number of hydrogen-bond acceptors (Lipinski definition) is 5. The molecule has 1 saturated heterocycles. The number of fused-ring (bicyclic) bond motifs is 1. The first-order valence-corrected chi connectivity index (χ1v) is 11.3. The van der Waals surface area contributed by atoms with Crippen LogP contribution in [-0.2, 0) is 6.54 Å². The molecule has 1 N–H and O–H groups in total. The van der Waals surface area contributed by atoms with Gasteiger partial charge in [-0.15, -0.1) is 13.2 Å². The highest BCUT2D eigenvalue weighted by Crippen LogP contribution is 2.30. The third-order valence-electron chi connectivity index (χ3n) is 6.14. The molecule has 0 bridgehead atoms. The number of piperidine rings is 1. The van der Waals surface area contributed by atoms with E-state index in [1.54, 1.807) is 6.20 Å². The largest absolute Gasteiger partial charge is 0.573 e. The van der Waals surface area contributed by atoms with Crippen LogP contribution in [0, 0.1) is 0 Å². The molecule has 4 aromatic rings. The van der Waals surface area contributed by atoms with Gasteiger partial charge < -0.3 is 14.7 Å². The van der Waals surface area contributed by atoms with Crippen molar-refractivity contribution in [3.63, 3.8) is 0 Å². The molecule has 10 heteroatoms. The molecular weight excluding hydrogens is 461 g/mol. The fourth-order valence-electron chi connectivity index (χ4n) is 4.56. The van der Waals surface area contributed by atoms with E-state index in [0.29, 0.717) is 0 Å². The van der Waals surface area contributed by atoms with Crippen molar-refractivity contribution in [2.24, 2.45) is 0 Å². The number of aromatic hydroxyl groups is 1. The quantitative estimate of drug-likeness (QED) is 0.439.